The first-order chi connectivity index (χ1) is 14.1. The summed E-state index contributed by atoms with van der Waals surface area (Å²) in [7, 11) is 4.73. The van der Waals surface area contributed by atoms with Crippen LogP contribution >= 0.6 is 0 Å². The number of hydrogen-bond acceptors (Lipinski definition) is 6. The zero-order valence-corrected chi connectivity index (χ0v) is 16.4. The van der Waals surface area contributed by atoms with Gasteiger partial charge in [0.25, 0.3) is 0 Å². The fourth-order valence-electron chi connectivity index (χ4n) is 3.45. The SMILES string of the molecule is COc1cc(-c2cnc3c(c2)/C(=C\c2ccncc2)C(=O)C3)cc(OC)c1OC. The minimum atomic E-state index is 0.0614. The first kappa shape index (κ1) is 18.7. The molecule has 1 aromatic carbocycles. The normalized spacial score (nSPS) is 14.0. The number of carbonyl (C=O) groups is 1. The Bertz CT molecular complexity index is 1080. The van der Waals surface area contributed by atoms with Crippen LogP contribution in [0.5, 0.6) is 17.2 Å². The van der Waals surface area contributed by atoms with Crippen molar-refractivity contribution in [2.75, 3.05) is 21.3 Å². The molecule has 6 nitrogen and oxygen atoms in total. The van der Waals surface area contributed by atoms with Crippen LogP contribution in [0.25, 0.3) is 22.8 Å². The number of hydrogen-bond donors (Lipinski definition) is 0. The Hall–Kier alpha value is -3.67. The molecule has 0 atom stereocenters. The Kier molecular flexibility index (Phi) is 4.99. The van der Waals surface area contributed by atoms with E-state index in [-0.39, 0.29) is 5.78 Å². The van der Waals surface area contributed by atoms with Crippen molar-refractivity contribution in [3.8, 4) is 28.4 Å². The molecule has 0 fully saturated rings. The fourth-order valence-corrected chi connectivity index (χ4v) is 3.45. The first-order valence-corrected chi connectivity index (χ1v) is 9.09. The summed E-state index contributed by atoms with van der Waals surface area (Å²) in [5.74, 6) is 1.71. The molecule has 1 aliphatic carbocycles. The Labute approximate surface area is 168 Å². The minimum absolute atomic E-state index is 0.0614. The molecule has 2 aromatic heterocycles. The highest BCUT2D eigenvalue weighted by atomic mass is 16.5. The molecule has 4 rings (SSSR count). The second kappa shape index (κ2) is 7.75. The van der Waals surface area contributed by atoms with Crippen LogP contribution in [0.3, 0.4) is 0 Å². The predicted octanol–water partition coefficient (Wildman–Crippen LogP) is 3.84. The fraction of sp³-hybridized carbons (Fsp3) is 0.174. The number of pyridine rings is 2. The van der Waals surface area contributed by atoms with E-state index in [0.717, 1.165) is 27.9 Å². The summed E-state index contributed by atoms with van der Waals surface area (Å²) >= 11 is 0. The number of nitrogens with zero attached hydrogens (tertiary/aromatic N) is 2. The van der Waals surface area contributed by atoms with E-state index >= 15 is 0 Å². The molecule has 0 radical (unpaired) electrons. The summed E-state index contributed by atoms with van der Waals surface area (Å²) in [4.78, 5) is 21.2. The highest BCUT2D eigenvalue weighted by Crippen LogP contribution is 2.42. The third kappa shape index (κ3) is 3.45. The molecule has 2 heterocycles. The first-order valence-electron chi connectivity index (χ1n) is 9.09. The highest BCUT2D eigenvalue weighted by Gasteiger charge is 2.26. The van der Waals surface area contributed by atoms with Crippen LogP contribution in [0, 0.1) is 0 Å². The molecule has 0 saturated heterocycles. The van der Waals surface area contributed by atoms with Gasteiger partial charge in [-0.15, -0.1) is 0 Å². The van der Waals surface area contributed by atoms with E-state index < -0.39 is 0 Å². The lowest BCUT2D eigenvalue weighted by atomic mass is 10.0. The molecular weight excluding hydrogens is 368 g/mol. The Morgan fingerprint density at radius 3 is 2.24 bits per heavy atom. The Morgan fingerprint density at radius 2 is 1.62 bits per heavy atom. The summed E-state index contributed by atoms with van der Waals surface area (Å²) in [5.41, 5.74) is 4.93. The van der Waals surface area contributed by atoms with Gasteiger partial charge >= 0.3 is 0 Å². The summed E-state index contributed by atoms with van der Waals surface area (Å²) < 4.78 is 16.3. The summed E-state index contributed by atoms with van der Waals surface area (Å²) in [5, 5.41) is 0. The van der Waals surface area contributed by atoms with Gasteiger partial charge in [-0.05, 0) is 47.5 Å². The average molecular weight is 388 g/mol. The van der Waals surface area contributed by atoms with Crippen molar-refractivity contribution in [1.82, 2.24) is 9.97 Å². The molecule has 29 heavy (non-hydrogen) atoms. The van der Waals surface area contributed by atoms with Gasteiger partial charge in [0.1, 0.15) is 0 Å². The Balaban J connectivity index is 1.82. The van der Waals surface area contributed by atoms with Gasteiger partial charge in [0.2, 0.25) is 5.75 Å². The second-order valence-electron chi connectivity index (χ2n) is 6.57. The predicted molar refractivity (Wildman–Crippen MR) is 110 cm³/mol. The number of fused-ring (bicyclic) bond motifs is 1. The van der Waals surface area contributed by atoms with Gasteiger partial charge in [-0.2, -0.15) is 0 Å². The molecule has 0 bridgehead atoms. The van der Waals surface area contributed by atoms with Crippen LogP contribution in [0.2, 0.25) is 0 Å². The molecule has 0 amide bonds. The van der Waals surface area contributed by atoms with Crippen LogP contribution in [0.1, 0.15) is 16.8 Å². The number of allylic oxidation sites excluding steroid dienone is 1. The molecule has 0 unspecified atom stereocenters. The quantitative estimate of drug-likeness (QED) is 0.619. The van der Waals surface area contributed by atoms with Crippen LogP contribution in [0.15, 0.2) is 48.9 Å². The van der Waals surface area contributed by atoms with E-state index in [1.807, 2.05) is 36.4 Å². The monoisotopic (exact) mass is 388 g/mol. The van der Waals surface area contributed by atoms with E-state index in [0.29, 0.717) is 29.2 Å². The number of rotatable bonds is 5. The van der Waals surface area contributed by atoms with Crippen LogP contribution < -0.4 is 14.2 Å². The van der Waals surface area contributed by atoms with Crippen molar-refractivity contribution < 1.29 is 19.0 Å². The molecule has 0 spiro atoms. The molecule has 0 N–H and O–H groups in total. The zero-order chi connectivity index (χ0) is 20.4. The molecule has 0 aliphatic heterocycles. The van der Waals surface area contributed by atoms with Crippen molar-refractivity contribution in [3.63, 3.8) is 0 Å². The van der Waals surface area contributed by atoms with E-state index in [2.05, 4.69) is 9.97 Å². The largest absolute Gasteiger partial charge is 0.493 e. The third-order valence-electron chi connectivity index (χ3n) is 4.90. The lowest BCUT2D eigenvalue weighted by Gasteiger charge is -2.14. The lowest BCUT2D eigenvalue weighted by Crippen LogP contribution is -1.96. The summed E-state index contributed by atoms with van der Waals surface area (Å²) in [6.45, 7) is 0. The average Bonchev–Trinajstić information content (AvgIpc) is 3.07. The van der Waals surface area contributed by atoms with Crippen LogP contribution in [-0.4, -0.2) is 37.1 Å². The Morgan fingerprint density at radius 1 is 0.931 bits per heavy atom. The number of carbonyl (C=O) groups excluding carboxylic acids is 1. The molecule has 6 heteroatoms. The van der Waals surface area contributed by atoms with Crippen molar-refractivity contribution >= 4 is 17.4 Å². The molecular formula is C23H20N2O4. The molecule has 146 valence electrons. The number of ketones is 1. The van der Waals surface area contributed by atoms with Gasteiger partial charge in [0.05, 0.1) is 33.4 Å². The highest BCUT2D eigenvalue weighted by molar-refractivity contribution is 6.29. The van der Waals surface area contributed by atoms with Gasteiger partial charge in [-0.25, -0.2) is 0 Å². The van der Waals surface area contributed by atoms with Crippen LogP contribution in [0.4, 0.5) is 0 Å². The topological polar surface area (TPSA) is 70.5 Å². The van der Waals surface area contributed by atoms with E-state index in [1.54, 1.807) is 39.9 Å². The van der Waals surface area contributed by atoms with Gasteiger partial charge < -0.3 is 14.2 Å². The summed E-state index contributed by atoms with van der Waals surface area (Å²) in [6.07, 6.45) is 7.37. The maximum atomic E-state index is 12.6. The third-order valence-corrected chi connectivity index (χ3v) is 4.90. The maximum Gasteiger partial charge on any atom is 0.203 e. The van der Waals surface area contributed by atoms with Gasteiger partial charge in [0, 0.05) is 35.3 Å². The standard InChI is InChI=1S/C23H20N2O4/c1-27-21-10-15(11-22(28-2)23(21)29-3)16-9-17-18(8-14-4-6-24-7-5-14)20(26)12-19(17)25-13-16/h4-11,13H,12H2,1-3H3/b18-8+. The van der Waals surface area contributed by atoms with Gasteiger partial charge in [-0.1, -0.05) is 0 Å². The molecule has 0 saturated carbocycles. The van der Waals surface area contributed by atoms with Crippen molar-refractivity contribution in [2.24, 2.45) is 0 Å². The minimum Gasteiger partial charge on any atom is -0.493 e. The lowest BCUT2D eigenvalue weighted by molar-refractivity contribution is -0.112. The zero-order valence-electron chi connectivity index (χ0n) is 16.4. The van der Waals surface area contributed by atoms with Crippen LogP contribution in [-0.2, 0) is 11.2 Å². The van der Waals surface area contributed by atoms with E-state index in [1.165, 1.54) is 0 Å². The summed E-state index contributed by atoms with van der Waals surface area (Å²) in [6, 6.07) is 9.46. The van der Waals surface area contributed by atoms with E-state index in [4.69, 9.17) is 14.2 Å². The molecule has 1 aliphatic rings. The smallest absolute Gasteiger partial charge is 0.203 e. The number of methoxy groups -OCH3 is 3. The van der Waals surface area contributed by atoms with Crippen molar-refractivity contribution in [1.29, 1.82) is 0 Å². The van der Waals surface area contributed by atoms with Gasteiger partial charge in [0.15, 0.2) is 17.3 Å². The number of aromatic nitrogens is 2. The van der Waals surface area contributed by atoms with E-state index in [9.17, 15) is 4.79 Å². The number of Topliss-reactive ketones (excluding diaryl/α,β-unsaturated/α-hetero) is 1. The van der Waals surface area contributed by atoms with Crippen molar-refractivity contribution in [3.05, 3.63) is 65.7 Å². The molecule has 3 aromatic rings. The number of benzene rings is 1. The number of ether oxygens (including phenoxy) is 3. The van der Waals surface area contributed by atoms with Gasteiger partial charge in [-0.3, -0.25) is 14.8 Å². The van der Waals surface area contributed by atoms with Crippen molar-refractivity contribution in [2.45, 2.75) is 6.42 Å². The maximum absolute atomic E-state index is 12.6. The second-order valence-corrected chi connectivity index (χ2v) is 6.57.